The number of aryl methyl sites for hydroxylation is 3. The van der Waals surface area contributed by atoms with E-state index in [-0.39, 0.29) is 16.8 Å². The summed E-state index contributed by atoms with van der Waals surface area (Å²) in [5, 5.41) is -0.318. The topological polar surface area (TPSA) is 51.2 Å². The van der Waals surface area contributed by atoms with Crippen LogP contribution in [-0.4, -0.2) is 25.2 Å². The number of hydrogen-bond donors (Lipinski definition) is 0. The van der Waals surface area contributed by atoms with Gasteiger partial charge in [0.1, 0.15) is 5.75 Å². The van der Waals surface area contributed by atoms with Gasteiger partial charge < -0.3 is 0 Å². The van der Waals surface area contributed by atoms with Crippen molar-refractivity contribution in [2.45, 2.75) is 58.1 Å². The van der Waals surface area contributed by atoms with Crippen molar-refractivity contribution in [1.29, 1.82) is 0 Å². The van der Waals surface area contributed by atoms with Crippen molar-refractivity contribution < 1.29 is 13.2 Å². The molecule has 0 N–H and O–H groups in total. The highest BCUT2D eigenvalue weighted by Gasteiger charge is 2.30. The second-order valence-corrected chi connectivity index (χ2v) is 8.55. The first kappa shape index (κ1) is 16.2. The van der Waals surface area contributed by atoms with Gasteiger partial charge in [0.05, 0.1) is 5.25 Å². The Morgan fingerprint density at radius 3 is 2.10 bits per heavy atom. The van der Waals surface area contributed by atoms with Crippen LogP contribution in [0.2, 0.25) is 0 Å². The van der Waals surface area contributed by atoms with Gasteiger partial charge in [0.25, 0.3) is 0 Å². The predicted molar refractivity (Wildman–Crippen MR) is 85.6 cm³/mol. The molecule has 0 spiro atoms. The normalized spacial score (nSPS) is 16.9. The maximum absolute atomic E-state index is 12.5. The fourth-order valence-electron chi connectivity index (χ4n) is 3.42. The Morgan fingerprint density at radius 2 is 1.57 bits per heavy atom. The van der Waals surface area contributed by atoms with Crippen LogP contribution in [0, 0.1) is 20.8 Å². The van der Waals surface area contributed by atoms with Crippen molar-refractivity contribution in [3.63, 3.8) is 0 Å². The number of benzene rings is 1. The zero-order valence-corrected chi connectivity index (χ0v) is 13.9. The molecule has 0 aromatic heterocycles. The van der Waals surface area contributed by atoms with E-state index in [1.165, 1.54) is 0 Å². The van der Waals surface area contributed by atoms with Crippen molar-refractivity contribution in [1.82, 2.24) is 0 Å². The van der Waals surface area contributed by atoms with Gasteiger partial charge in [-0.05, 0) is 44.7 Å². The molecule has 1 aliphatic carbocycles. The van der Waals surface area contributed by atoms with Crippen LogP contribution in [0.5, 0.6) is 0 Å². The summed E-state index contributed by atoms with van der Waals surface area (Å²) in [7, 11) is -3.32. The lowest BCUT2D eigenvalue weighted by Gasteiger charge is -2.21. The van der Waals surface area contributed by atoms with Crippen LogP contribution in [0.3, 0.4) is 0 Å². The minimum Gasteiger partial charge on any atom is -0.293 e. The van der Waals surface area contributed by atoms with Crippen molar-refractivity contribution in [2.75, 3.05) is 5.75 Å². The third kappa shape index (κ3) is 3.73. The van der Waals surface area contributed by atoms with Crippen LogP contribution in [-0.2, 0) is 9.84 Å². The van der Waals surface area contributed by atoms with E-state index in [2.05, 4.69) is 0 Å². The van der Waals surface area contributed by atoms with Crippen molar-refractivity contribution in [2.24, 2.45) is 0 Å². The summed E-state index contributed by atoms with van der Waals surface area (Å²) in [6, 6.07) is 3.88. The van der Waals surface area contributed by atoms with E-state index in [1.54, 1.807) is 0 Å². The third-order valence-electron chi connectivity index (χ3n) is 4.35. The Hall–Kier alpha value is -1.16. The smallest absolute Gasteiger partial charge is 0.178 e. The van der Waals surface area contributed by atoms with Gasteiger partial charge >= 0.3 is 0 Å². The lowest BCUT2D eigenvalue weighted by Crippen LogP contribution is -2.30. The lowest BCUT2D eigenvalue weighted by atomic mass is 9.97. The molecule has 0 amide bonds. The lowest BCUT2D eigenvalue weighted by molar-refractivity contribution is 0.101. The first-order valence-corrected chi connectivity index (χ1v) is 9.35. The summed E-state index contributed by atoms with van der Waals surface area (Å²) < 4.78 is 24.9. The molecule has 21 heavy (non-hydrogen) atoms. The van der Waals surface area contributed by atoms with Crippen LogP contribution < -0.4 is 0 Å². The first-order valence-electron chi connectivity index (χ1n) is 7.64. The molecule has 2 rings (SSSR count). The van der Waals surface area contributed by atoms with Crippen LogP contribution >= 0.6 is 0 Å². The Balaban J connectivity index is 2.21. The summed E-state index contributed by atoms with van der Waals surface area (Å²) in [6.45, 7) is 5.73. The number of rotatable bonds is 4. The summed E-state index contributed by atoms with van der Waals surface area (Å²) in [5.41, 5.74) is 3.42. The molecule has 0 radical (unpaired) electrons. The van der Waals surface area contributed by atoms with Gasteiger partial charge in [0, 0.05) is 5.56 Å². The highest BCUT2D eigenvalue weighted by molar-refractivity contribution is 7.92. The molecule has 0 bridgehead atoms. The number of Topliss-reactive ketones (excluding diaryl/α,β-unsaturated/α-hetero) is 1. The van der Waals surface area contributed by atoms with Crippen LogP contribution in [0.15, 0.2) is 12.1 Å². The monoisotopic (exact) mass is 308 g/mol. The van der Waals surface area contributed by atoms with Crippen molar-refractivity contribution >= 4 is 15.6 Å². The number of carbonyl (C=O) groups is 1. The van der Waals surface area contributed by atoms with Gasteiger partial charge in [-0.3, -0.25) is 4.79 Å². The SMILES string of the molecule is Cc1cc(C)c(C(=O)CS(=O)(=O)C2CCCCC2)c(C)c1. The molecular weight excluding hydrogens is 284 g/mol. The first-order chi connectivity index (χ1) is 9.81. The average Bonchev–Trinajstić information content (AvgIpc) is 2.37. The largest absolute Gasteiger partial charge is 0.293 e. The standard InChI is InChI=1S/C17H24O3S/c1-12-9-13(2)17(14(3)10-12)16(18)11-21(19,20)15-7-5-4-6-8-15/h9-10,15H,4-8,11H2,1-3H3. The van der Waals surface area contributed by atoms with Gasteiger partial charge in [-0.1, -0.05) is 37.0 Å². The quantitative estimate of drug-likeness (QED) is 0.799. The fraction of sp³-hybridized carbons (Fsp3) is 0.588. The van der Waals surface area contributed by atoms with Crippen molar-refractivity contribution in [3.05, 3.63) is 34.4 Å². The molecule has 1 aromatic rings. The minimum absolute atomic E-state index is 0.254. The molecule has 3 nitrogen and oxygen atoms in total. The van der Waals surface area contributed by atoms with E-state index in [0.717, 1.165) is 36.0 Å². The highest BCUT2D eigenvalue weighted by atomic mass is 32.2. The molecule has 1 aromatic carbocycles. The average molecular weight is 308 g/mol. The van der Waals surface area contributed by atoms with Crippen LogP contribution in [0.1, 0.15) is 59.2 Å². The Kier molecular flexibility index (Phi) is 4.87. The van der Waals surface area contributed by atoms with E-state index < -0.39 is 9.84 Å². The van der Waals surface area contributed by atoms with E-state index >= 15 is 0 Å². The Morgan fingerprint density at radius 1 is 1.05 bits per heavy atom. The van der Waals surface area contributed by atoms with Crippen molar-refractivity contribution in [3.8, 4) is 0 Å². The second kappa shape index (κ2) is 6.30. The van der Waals surface area contributed by atoms with E-state index in [0.29, 0.717) is 18.4 Å². The molecular formula is C17H24O3S. The number of carbonyl (C=O) groups excluding carboxylic acids is 1. The summed E-state index contributed by atoms with van der Waals surface area (Å²) >= 11 is 0. The second-order valence-electron chi connectivity index (χ2n) is 6.26. The fourth-order valence-corrected chi connectivity index (χ4v) is 5.21. The Labute approximate surface area is 127 Å². The molecule has 0 saturated heterocycles. The summed E-state index contributed by atoms with van der Waals surface area (Å²) in [6.07, 6.45) is 4.44. The van der Waals surface area contributed by atoms with Gasteiger partial charge in [-0.2, -0.15) is 0 Å². The molecule has 116 valence electrons. The number of ketones is 1. The summed E-state index contributed by atoms with van der Waals surface area (Å²) in [5.74, 6) is -0.599. The molecule has 1 saturated carbocycles. The van der Waals surface area contributed by atoms with Gasteiger partial charge in [0.15, 0.2) is 15.6 Å². The zero-order chi connectivity index (χ0) is 15.6. The van der Waals surface area contributed by atoms with E-state index in [1.807, 2.05) is 32.9 Å². The molecule has 0 heterocycles. The summed E-state index contributed by atoms with van der Waals surface area (Å²) in [4.78, 5) is 12.5. The maximum Gasteiger partial charge on any atom is 0.178 e. The number of hydrogen-bond acceptors (Lipinski definition) is 3. The van der Waals surface area contributed by atoms with Gasteiger partial charge in [0.2, 0.25) is 0 Å². The molecule has 1 fully saturated rings. The molecule has 1 aliphatic rings. The van der Waals surface area contributed by atoms with Gasteiger partial charge in [-0.25, -0.2) is 8.42 Å². The van der Waals surface area contributed by atoms with Gasteiger partial charge in [-0.15, -0.1) is 0 Å². The predicted octanol–water partition coefficient (Wildman–Crippen LogP) is 3.54. The van der Waals surface area contributed by atoms with Crippen LogP contribution in [0.25, 0.3) is 0 Å². The third-order valence-corrected chi connectivity index (χ3v) is 6.50. The zero-order valence-electron chi connectivity index (χ0n) is 13.1. The molecule has 0 unspecified atom stereocenters. The van der Waals surface area contributed by atoms with Crippen LogP contribution in [0.4, 0.5) is 0 Å². The van der Waals surface area contributed by atoms with E-state index in [9.17, 15) is 13.2 Å². The van der Waals surface area contributed by atoms with E-state index in [4.69, 9.17) is 0 Å². The molecule has 0 atom stereocenters. The molecule has 0 aliphatic heterocycles. The highest BCUT2D eigenvalue weighted by Crippen LogP contribution is 2.25. The number of sulfone groups is 1. The molecule has 4 heteroatoms. The minimum atomic E-state index is -3.32. The maximum atomic E-state index is 12.5. The Bertz CT molecular complexity index is 615.